The van der Waals surface area contributed by atoms with Gasteiger partial charge in [0.1, 0.15) is 5.82 Å². The monoisotopic (exact) mass is 298 g/mol. The zero-order valence-corrected chi connectivity index (χ0v) is 11.1. The van der Waals surface area contributed by atoms with Crippen molar-refractivity contribution in [1.82, 2.24) is 4.98 Å². The molecule has 2 rings (SSSR count). The summed E-state index contributed by atoms with van der Waals surface area (Å²) in [5.41, 5.74) is 0.218. The Morgan fingerprint density at radius 1 is 1.29 bits per heavy atom. The van der Waals surface area contributed by atoms with Crippen LogP contribution in [0.15, 0.2) is 16.7 Å². The first-order chi connectivity index (χ1) is 8.18. The molecule has 5 heteroatoms. The normalized spacial score (nSPS) is 16.6. The van der Waals surface area contributed by atoms with Gasteiger partial charge in [-0.2, -0.15) is 0 Å². The third kappa shape index (κ3) is 2.97. The molecule has 0 aliphatic carbocycles. The average molecular weight is 299 g/mol. The van der Waals surface area contributed by atoms with Gasteiger partial charge in [-0.15, -0.1) is 0 Å². The van der Waals surface area contributed by atoms with E-state index >= 15 is 0 Å². The van der Waals surface area contributed by atoms with E-state index in [1.165, 1.54) is 31.9 Å². The molecule has 0 aromatic carbocycles. The lowest BCUT2D eigenvalue weighted by Gasteiger charge is -2.22. The van der Waals surface area contributed by atoms with Gasteiger partial charge in [0.15, 0.2) is 0 Å². The third-order valence-electron chi connectivity index (χ3n) is 2.97. The van der Waals surface area contributed by atoms with E-state index in [9.17, 15) is 4.79 Å². The summed E-state index contributed by atoms with van der Waals surface area (Å²) in [5, 5.41) is 8.88. The van der Waals surface area contributed by atoms with Crippen molar-refractivity contribution in [1.29, 1.82) is 0 Å². The molecule has 1 aromatic heterocycles. The van der Waals surface area contributed by atoms with Crippen LogP contribution in [0.2, 0.25) is 0 Å². The highest BCUT2D eigenvalue weighted by atomic mass is 79.9. The summed E-state index contributed by atoms with van der Waals surface area (Å²) < 4.78 is 0.763. The molecule has 0 atom stereocenters. The van der Waals surface area contributed by atoms with Gasteiger partial charge >= 0.3 is 5.97 Å². The number of aromatic nitrogens is 1. The number of hydrogen-bond donors (Lipinski definition) is 1. The standard InChI is InChI=1S/C12H15BrN2O2/c13-10-7-9(12(16)17)8-14-11(10)15-5-3-1-2-4-6-15/h7-8H,1-6H2,(H,16,17). The lowest BCUT2D eigenvalue weighted by Crippen LogP contribution is -2.25. The first-order valence-corrected chi connectivity index (χ1v) is 6.61. The highest BCUT2D eigenvalue weighted by molar-refractivity contribution is 9.10. The molecule has 1 aliphatic rings. The van der Waals surface area contributed by atoms with E-state index in [1.807, 2.05) is 0 Å². The van der Waals surface area contributed by atoms with Gasteiger partial charge in [0, 0.05) is 19.3 Å². The molecular formula is C12H15BrN2O2. The zero-order valence-electron chi connectivity index (χ0n) is 9.53. The van der Waals surface area contributed by atoms with Crippen LogP contribution in [0.5, 0.6) is 0 Å². The molecule has 4 nitrogen and oxygen atoms in total. The number of nitrogens with zero attached hydrogens (tertiary/aromatic N) is 2. The number of anilines is 1. The molecule has 1 N–H and O–H groups in total. The van der Waals surface area contributed by atoms with Crippen LogP contribution >= 0.6 is 15.9 Å². The second-order valence-electron chi connectivity index (χ2n) is 4.24. The van der Waals surface area contributed by atoms with E-state index < -0.39 is 5.97 Å². The SMILES string of the molecule is O=C(O)c1cnc(N2CCCCCC2)c(Br)c1. The van der Waals surface area contributed by atoms with E-state index in [4.69, 9.17) is 5.11 Å². The van der Waals surface area contributed by atoms with Gasteiger partial charge in [-0.05, 0) is 34.8 Å². The van der Waals surface area contributed by atoms with Crippen LogP contribution in [0.1, 0.15) is 36.0 Å². The Kier molecular flexibility index (Phi) is 3.99. The summed E-state index contributed by atoms with van der Waals surface area (Å²) in [4.78, 5) is 17.3. The van der Waals surface area contributed by atoms with Gasteiger partial charge in [-0.25, -0.2) is 9.78 Å². The van der Waals surface area contributed by atoms with E-state index in [0.29, 0.717) is 0 Å². The Labute approximate surface area is 109 Å². The molecule has 1 aromatic rings. The smallest absolute Gasteiger partial charge is 0.337 e. The minimum Gasteiger partial charge on any atom is -0.478 e. The maximum Gasteiger partial charge on any atom is 0.337 e. The van der Waals surface area contributed by atoms with Gasteiger partial charge in [-0.1, -0.05) is 12.8 Å². The first kappa shape index (κ1) is 12.4. The van der Waals surface area contributed by atoms with Gasteiger partial charge in [-0.3, -0.25) is 0 Å². The number of carbonyl (C=O) groups is 1. The minimum absolute atomic E-state index is 0.218. The van der Waals surface area contributed by atoms with Gasteiger partial charge in [0.2, 0.25) is 0 Å². The first-order valence-electron chi connectivity index (χ1n) is 5.82. The molecule has 17 heavy (non-hydrogen) atoms. The predicted molar refractivity (Wildman–Crippen MR) is 69.6 cm³/mol. The van der Waals surface area contributed by atoms with Crippen LogP contribution in [0, 0.1) is 0 Å². The molecule has 1 saturated heterocycles. The number of aromatic carboxylic acids is 1. The van der Waals surface area contributed by atoms with Gasteiger partial charge in [0.25, 0.3) is 0 Å². The lowest BCUT2D eigenvalue weighted by atomic mass is 10.2. The highest BCUT2D eigenvalue weighted by Crippen LogP contribution is 2.26. The van der Waals surface area contributed by atoms with Crippen molar-refractivity contribution in [3.8, 4) is 0 Å². The maximum absolute atomic E-state index is 10.8. The van der Waals surface area contributed by atoms with Crippen LogP contribution in [0.4, 0.5) is 5.82 Å². The second-order valence-corrected chi connectivity index (χ2v) is 5.09. The van der Waals surface area contributed by atoms with Crippen LogP contribution < -0.4 is 4.90 Å². The van der Waals surface area contributed by atoms with Gasteiger partial charge < -0.3 is 10.0 Å². The molecule has 0 spiro atoms. The van der Waals surface area contributed by atoms with Crippen molar-refractivity contribution in [2.24, 2.45) is 0 Å². The molecule has 92 valence electrons. The zero-order chi connectivity index (χ0) is 12.3. The second kappa shape index (κ2) is 5.49. The van der Waals surface area contributed by atoms with Gasteiger partial charge in [0.05, 0.1) is 10.0 Å². The topological polar surface area (TPSA) is 53.4 Å². The van der Waals surface area contributed by atoms with E-state index in [1.54, 1.807) is 6.07 Å². The number of carboxylic acid groups (broad SMARTS) is 1. The molecule has 0 radical (unpaired) electrons. The van der Waals surface area contributed by atoms with Crippen molar-refractivity contribution in [2.75, 3.05) is 18.0 Å². The lowest BCUT2D eigenvalue weighted by molar-refractivity contribution is 0.0696. The van der Waals surface area contributed by atoms with Crippen LogP contribution in [0.3, 0.4) is 0 Å². The molecule has 1 fully saturated rings. The molecule has 2 heterocycles. The number of rotatable bonds is 2. The van der Waals surface area contributed by atoms with Crippen LogP contribution in [0.25, 0.3) is 0 Å². The highest BCUT2D eigenvalue weighted by Gasteiger charge is 2.15. The molecule has 0 bridgehead atoms. The number of halogens is 1. The fourth-order valence-corrected chi connectivity index (χ4v) is 2.66. The molecular weight excluding hydrogens is 284 g/mol. The van der Waals surface area contributed by atoms with Crippen molar-refractivity contribution in [3.63, 3.8) is 0 Å². The van der Waals surface area contributed by atoms with Crippen molar-refractivity contribution < 1.29 is 9.90 Å². The van der Waals surface area contributed by atoms with E-state index in [0.717, 1.165) is 23.4 Å². The largest absolute Gasteiger partial charge is 0.478 e. The summed E-state index contributed by atoms with van der Waals surface area (Å²) in [6, 6.07) is 1.62. The fraction of sp³-hybridized carbons (Fsp3) is 0.500. The number of pyridine rings is 1. The molecule has 1 aliphatic heterocycles. The Morgan fingerprint density at radius 2 is 1.94 bits per heavy atom. The minimum atomic E-state index is -0.944. The van der Waals surface area contributed by atoms with Crippen molar-refractivity contribution >= 4 is 27.7 Å². The quantitative estimate of drug-likeness (QED) is 0.912. The summed E-state index contributed by atoms with van der Waals surface area (Å²) in [7, 11) is 0. The Balaban J connectivity index is 2.22. The molecule has 0 amide bonds. The fourth-order valence-electron chi connectivity index (χ4n) is 2.06. The Bertz CT molecular complexity index is 415. The van der Waals surface area contributed by atoms with Crippen molar-refractivity contribution in [3.05, 3.63) is 22.3 Å². The number of carboxylic acids is 1. The summed E-state index contributed by atoms with van der Waals surface area (Å²) in [6.07, 6.45) is 6.31. The van der Waals surface area contributed by atoms with Crippen LogP contribution in [-0.2, 0) is 0 Å². The van der Waals surface area contributed by atoms with Crippen molar-refractivity contribution in [2.45, 2.75) is 25.7 Å². The average Bonchev–Trinajstić information content (AvgIpc) is 2.57. The summed E-state index contributed by atoms with van der Waals surface area (Å²) in [6.45, 7) is 2.00. The predicted octanol–water partition coefficient (Wildman–Crippen LogP) is 2.92. The van der Waals surface area contributed by atoms with E-state index in [-0.39, 0.29) is 5.56 Å². The molecule has 0 saturated carbocycles. The third-order valence-corrected chi connectivity index (χ3v) is 3.56. The number of hydrogen-bond acceptors (Lipinski definition) is 3. The Hall–Kier alpha value is -1.10. The van der Waals surface area contributed by atoms with Crippen LogP contribution in [-0.4, -0.2) is 29.1 Å². The summed E-state index contributed by atoms with van der Waals surface area (Å²) in [5.74, 6) is -0.0856. The Morgan fingerprint density at radius 3 is 2.47 bits per heavy atom. The van der Waals surface area contributed by atoms with E-state index in [2.05, 4.69) is 25.8 Å². The summed E-state index contributed by atoms with van der Waals surface area (Å²) >= 11 is 3.41. The maximum atomic E-state index is 10.8. The molecule has 0 unspecified atom stereocenters.